The molecule has 1 amide bonds. The van der Waals surface area contributed by atoms with Gasteiger partial charge in [0.25, 0.3) is 0 Å². The molecule has 2 aromatic rings. The molecule has 1 aromatic heterocycles. The molecular weight excluding hydrogens is 389 g/mol. The largest absolute Gasteiger partial charge is 0.418 e. The van der Waals surface area contributed by atoms with Crippen LogP contribution in [0, 0.1) is 13.8 Å². The first kappa shape index (κ1) is 22.0. The Bertz CT molecular complexity index is 846. The highest BCUT2D eigenvalue weighted by molar-refractivity contribution is 7.98. The van der Waals surface area contributed by atoms with Gasteiger partial charge in [0.15, 0.2) is 5.16 Å². The first-order valence-corrected chi connectivity index (χ1v) is 9.82. The maximum atomic E-state index is 13.4. The van der Waals surface area contributed by atoms with E-state index in [0.717, 1.165) is 23.0 Å². The van der Waals surface area contributed by atoms with Crippen molar-refractivity contribution < 1.29 is 18.0 Å². The predicted molar refractivity (Wildman–Crippen MR) is 106 cm³/mol. The van der Waals surface area contributed by atoms with Gasteiger partial charge < -0.3 is 10.2 Å². The molecule has 28 heavy (non-hydrogen) atoms. The smallest absolute Gasteiger partial charge is 0.378 e. The summed E-state index contributed by atoms with van der Waals surface area (Å²) in [5, 5.41) is 3.04. The molecule has 0 spiro atoms. The molecule has 152 valence electrons. The maximum Gasteiger partial charge on any atom is 0.418 e. The third-order valence-electron chi connectivity index (χ3n) is 4.28. The average molecular weight is 412 g/mol. The summed E-state index contributed by atoms with van der Waals surface area (Å²) in [5.74, 6) is -0.490. The summed E-state index contributed by atoms with van der Waals surface area (Å²) in [6.45, 7) is 3.67. The molecule has 1 aromatic carbocycles. The van der Waals surface area contributed by atoms with E-state index in [9.17, 15) is 18.0 Å². The Morgan fingerprint density at radius 1 is 1.18 bits per heavy atom. The summed E-state index contributed by atoms with van der Waals surface area (Å²) in [6.07, 6.45) is -2.30. The number of nitrogens with one attached hydrogen (secondary N) is 1. The second kappa shape index (κ2) is 8.81. The van der Waals surface area contributed by atoms with E-state index in [1.807, 2.05) is 20.1 Å². The van der Waals surface area contributed by atoms with Crippen LogP contribution < -0.4 is 10.2 Å². The van der Waals surface area contributed by atoms with Gasteiger partial charge in [-0.25, -0.2) is 9.97 Å². The molecule has 0 saturated carbocycles. The van der Waals surface area contributed by atoms with Gasteiger partial charge >= 0.3 is 6.18 Å². The number of nitrogens with zero attached hydrogens (tertiary/aromatic N) is 3. The molecular formula is C19H23F3N4OS. The lowest BCUT2D eigenvalue weighted by atomic mass is 10.1. The van der Waals surface area contributed by atoms with Gasteiger partial charge in [-0.3, -0.25) is 4.79 Å². The van der Waals surface area contributed by atoms with Crippen molar-refractivity contribution >= 4 is 29.0 Å². The van der Waals surface area contributed by atoms with E-state index in [-0.39, 0.29) is 12.1 Å². The van der Waals surface area contributed by atoms with Crippen molar-refractivity contribution in [1.82, 2.24) is 9.97 Å². The van der Waals surface area contributed by atoms with E-state index < -0.39 is 17.6 Å². The number of thioether (sulfide) groups is 1. The third kappa shape index (κ3) is 5.37. The average Bonchev–Trinajstić information content (AvgIpc) is 2.59. The van der Waals surface area contributed by atoms with Gasteiger partial charge in [-0.05, 0) is 50.3 Å². The predicted octanol–water partition coefficient (Wildman–Crippen LogP) is 4.47. The monoisotopic (exact) mass is 412 g/mol. The van der Waals surface area contributed by atoms with Crippen molar-refractivity contribution in [3.8, 4) is 0 Å². The molecule has 0 aliphatic heterocycles. The fourth-order valence-electron chi connectivity index (χ4n) is 2.77. The Hall–Kier alpha value is -2.29. The normalized spacial score (nSPS) is 11.4. The minimum absolute atomic E-state index is 0.0381. The van der Waals surface area contributed by atoms with Crippen LogP contribution in [-0.4, -0.2) is 36.2 Å². The molecule has 0 saturated heterocycles. The highest BCUT2D eigenvalue weighted by Gasteiger charge is 2.34. The number of carbonyl (C=O) groups is 1. The van der Waals surface area contributed by atoms with Crippen LogP contribution in [0.1, 0.15) is 28.9 Å². The lowest BCUT2D eigenvalue weighted by molar-refractivity contribution is -0.136. The summed E-state index contributed by atoms with van der Waals surface area (Å²) < 4.78 is 40.1. The number of hydrogen-bond acceptors (Lipinski definition) is 5. The van der Waals surface area contributed by atoms with Crippen LogP contribution in [0.4, 0.5) is 24.5 Å². The van der Waals surface area contributed by atoms with Crippen molar-refractivity contribution in [3.63, 3.8) is 0 Å². The highest BCUT2D eigenvalue weighted by atomic mass is 32.2. The van der Waals surface area contributed by atoms with Gasteiger partial charge in [-0.1, -0.05) is 11.8 Å². The topological polar surface area (TPSA) is 58.1 Å². The van der Waals surface area contributed by atoms with Crippen LogP contribution in [0.3, 0.4) is 0 Å². The third-order valence-corrected chi connectivity index (χ3v) is 4.83. The molecule has 0 aliphatic rings. The summed E-state index contributed by atoms with van der Waals surface area (Å²) in [4.78, 5) is 22.6. The number of hydrogen-bond donors (Lipinski definition) is 1. The maximum absolute atomic E-state index is 13.4. The molecule has 5 nitrogen and oxygen atoms in total. The van der Waals surface area contributed by atoms with Gasteiger partial charge in [0.2, 0.25) is 5.91 Å². The van der Waals surface area contributed by atoms with E-state index in [4.69, 9.17) is 0 Å². The van der Waals surface area contributed by atoms with Crippen LogP contribution in [0.15, 0.2) is 23.4 Å². The highest BCUT2D eigenvalue weighted by Crippen LogP contribution is 2.37. The van der Waals surface area contributed by atoms with Gasteiger partial charge in [0, 0.05) is 37.6 Å². The lowest BCUT2D eigenvalue weighted by Crippen LogP contribution is -2.18. The molecule has 2 rings (SSSR count). The van der Waals surface area contributed by atoms with Crippen molar-refractivity contribution in [3.05, 3.63) is 40.7 Å². The first-order valence-electron chi connectivity index (χ1n) is 8.59. The molecule has 9 heteroatoms. The minimum Gasteiger partial charge on any atom is -0.378 e. The molecule has 1 N–H and O–H groups in total. The number of alkyl halides is 3. The summed E-state index contributed by atoms with van der Waals surface area (Å²) >= 11 is 1.43. The van der Waals surface area contributed by atoms with E-state index in [0.29, 0.717) is 17.3 Å². The number of halogens is 3. The number of carbonyl (C=O) groups excluding carboxylic acids is 1. The Kier molecular flexibility index (Phi) is 6.92. The second-order valence-electron chi connectivity index (χ2n) is 6.53. The second-order valence-corrected chi connectivity index (χ2v) is 7.30. The zero-order valence-electron chi connectivity index (χ0n) is 16.4. The molecule has 0 aliphatic carbocycles. The standard InChI is InChI=1S/C19H23F3N4OS/c1-11-14(12(2)24-18(23-11)28-5)7-9-17(27)25-16-8-6-13(26(3)4)10-15(16)19(20,21)22/h6,8,10H,7,9H2,1-5H3,(H,25,27). The molecule has 0 fully saturated rings. The molecule has 0 atom stereocenters. The fraction of sp³-hybridized carbons (Fsp3) is 0.421. The Balaban J connectivity index is 2.16. The number of rotatable bonds is 6. The minimum atomic E-state index is -4.57. The van der Waals surface area contributed by atoms with E-state index in [1.54, 1.807) is 19.0 Å². The van der Waals surface area contributed by atoms with E-state index in [1.165, 1.54) is 23.9 Å². The molecule has 0 unspecified atom stereocenters. The van der Waals surface area contributed by atoms with Gasteiger partial charge in [0.05, 0.1) is 11.3 Å². The summed E-state index contributed by atoms with van der Waals surface area (Å²) in [7, 11) is 3.31. The number of aryl methyl sites for hydroxylation is 2. The molecule has 0 radical (unpaired) electrons. The van der Waals surface area contributed by atoms with Crippen molar-refractivity contribution in [2.24, 2.45) is 0 Å². The van der Waals surface area contributed by atoms with Crippen molar-refractivity contribution in [2.45, 2.75) is 38.0 Å². The number of amides is 1. The number of anilines is 2. The quantitative estimate of drug-likeness (QED) is 0.560. The van der Waals surface area contributed by atoms with Gasteiger partial charge in [-0.2, -0.15) is 13.2 Å². The van der Waals surface area contributed by atoms with Gasteiger partial charge in [-0.15, -0.1) is 0 Å². The van der Waals surface area contributed by atoms with Gasteiger partial charge in [0.1, 0.15) is 0 Å². The Labute approximate surface area is 166 Å². The van der Waals surface area contributed by atoms with Crippen LogP contribution in [0.2, 0.25) is 0 Å². The number of benzene rings is 1. The van der Waals surface area contributed by atoms with Crippen LogP contribution in [0.5, 0.6) is 0 Å². The summed E-state index contributed by atoms with van der Waals surface area (Å²) in [5.41, 5.74) is 1.68. The van der Waals surface area contributed by atoms with Crippen molar-refractivity contribution in [2.75, 3.05) is 30.6 Å². The molecule has 1 heterocycles. The zero-order chi connectivity index (χ0) is 21.1. The first-order chi connectivity index (χ1) is 13.0. The van der Waals surface area contributed by atoms with E-state index >= 15 is 0 Å². The lowest BCUT2D eigenvalue weighted by Gasteiger charge is -2.19. The zero-order valence-corrected chi connectivity index (χ0v) is 17.3. The Morgan fingerprint density at radius 2 is 1.79 bits per heavy atom. The van der Waals surface area contributed by atoms with Crippen LogP contribution in [-0.2, 0) is 17.4 Å². The summed E-state index contributed by atoms with van der Waals surface area (Å²) in [6, 6.07) is 3.84. The Morgan fingerprint density at radius 3 is 2.29 bits per heavy atom. The van der Waals surface area contributed by atoms with Crippen LogP contribution in [0.25, 0.3) is 0 Å². The van der Waals surface area contributed by atoms with Crippen molar-refractivity contribution in [1.29, 1.82) is 0 Å². The number of aromatic nitrogens is 2. The SMILES string of the molecule is CSc1nc(C)c(CCC(=O)Nc2ccc(N(C)C)cc2C(F)(F)F)c(C)n1. The fourth-order valence-corrected chi connectivity index (χ4v) is 3.22. The van der Waals surface area contributed by atoms with E-state index in [2.05, 4.69) is 15.3 Å². The molecule has 0 bridgehead atoms. The van der Waals surface area contributed by atoms with Crippen LogP contribution >= 0.6 is 11.8 Å².